The topological polar surface area (TPSA) is 56.8 Å². The van der Waals surface area contributed by atoms with E-state index < -0.39 is 10.0 Å². The fourth-order valence-electron chi connectivity index (χ4n) is 3.44. The number of aromatic nitrogens is 1. The van der Waals surface area contributed by atoms with Gasteiger partial charge in [0.15, 0.2) is 0 Å². The van der Waals surface area contributed by atoms with Crippen LogP contribution in [0.1, 0.15) is 5.56 Å². The highest BCUT2D eigenvalue weighted by Crippen LogP contribution is 2.33. The Kier molecular flexibility index (Phi) is 4.23. The third-order valence-corrected chi connectivity index (χ3v) is 6.87. The second-order valence-electron chi connectivity index (χ2n) is 6.59. The van der Waals surface area contributed by atoms with Gasteiger partial charge in [0, 0.05) is 44.6 Å². The highest BCUT2D eigenvalue weighted by molar-refractivity contribution is 7.89. The number of piperazine rings is 1. The monoisotopic (exact) mass is 358 g/mol. The van der Waals surface area contributed by atoms with E-state index in [9.17, 15) is 8.42 Å². The second-order valence-corrected chi connectivity index (χ2v) is 8.53. The van der Waals surface area contributed by atoms with Crippen LogP contribution in [0.5, 0.6) is 0 Å². The summed E-state index contributed by atoms with van der Waals surface area (Å²) in [6, 6.07) is 11.8. The molecule has 0 N–H and O–H groups in total. The van der Waals surface area contributed by atoms with Crippen molar-refractivity contribution in [3.05, 3.63) is 48.2 Å². The zero-order valence-electron chi connectivity index (χ0n) is 14.3. The first-order chi connectivity index (χ1) is 12.1. The zero-order chi connectivity index (χ0) is 17.4. The number of sulfonamides is 1. The van der Waals surface area contributed by atoms with Crippen LogP contribution in [0, 0.1) is 0 Å². The van der Waals surface area contributed by atoms with E-state index in [0.717, 1.165) is 37.6 Å². The summed E-state index contributed by atoms with van der Waals surface area (Å²) in [5.74, 6) is 0.794. The first kappa shape index (κ1) is 16.5. The Labute approximate surface area is 148 Å². The number of rotatable bonds is 3. The lowest BCUT2D eigenvalue weighted by atomic mass is 10.2. The zero-order valence-corrected chi connectivity index (χ0v) is 15.1. The molecule has 7 heteroatoms. The third-order valence-electron chi connectivity index (χ3n) is 4.98. The molecule has 1 saturated heterocycles. The van der Waals surface area contributed by atoms with E-state index in [4.69, 9.17) is 0 Å². The van der Waals surface area contributed by atoms with Gasteiger partial charge in [-0.15, -0.1) is 0 Å². The SMILES string of the molecule is CN1CCN(S(=O)(=O)c2ccc(N3CCc4ccccc43)nc2)CC1. The maximum Gasteiger partial charge on any atom is 0.244 e. The maximum atomic E-state index is 12.8. The number of anilines is 2. The summed E-state index contributed by atoms with van der Waals surface area (Å²) in [5.41, 5.74) is 2.46. The molecule has 0 spiro atoms. The molecule has 0 saturated carbocycles. The summed E-state index contributed by atoms with van der Waals surface area (Å²) in [5, 5.41) is 0. The number of likely N-dealkylation sites (N-methyl/N-ethyl adjacent to an activating group) is 1. The van der Waals surface area contributed by atoms with Gasteiger partial charge in [-0.2, -0.15) is 4.31 Å². The standard InChI is InChI=1S/C18H22N4O2S/c1-20-10-12-21(13-11-20)25(23,24)16-6-7-18(19-14-16)22-9-8-15-4-2-3-5-17(15)22/h2-7,14H,8-13H2,1H3. The second kappa shape index (κ2) is 6.40. The summed E-state index contributed by atoms with van der Waals surface area (Å²) in [6.07, 6.45) is 2.48. The van der Waals surface area contributed by atoms with Gasteiger partial charge in [0.1, 0.15) is 10.7 Å². The van der Waals surface area contributed by atoms with Crippen LogP contribution in [0.3, 0.4) is 0 Å². The summed E-state index contributed by atoms with van der Waals surface area (Å²) in [7, 11) is -1.45. The van der Waals surface area contributed by atoms with Crippen LogP contribution in [0.4, 0.5) is 11.5 Å². The van der Waals surface area contributed by atoms with Crippen molar-refractivity contribution in [3.8, 4) is 0 Å². The maximum absolute atomic E-state index is 12.8. The minimum absolute atomic E-state index is 0.272. The van der Waals surface area contributed by atoms with E-state index >= 15 is 0 Å². The number of benzene rings is 1. The van der Waals surface area contributed by atoms with Crippen molar-refractivity contribution in [2.75, 3.05) is 44.7 Å². The van der Waals surface area contributed by atoms with E-state index in [2.05, 4.69) is 26.9 Å². The molecule has 1 aromatic carbocycles. The molecule has 2 aromatic rings. The molecule has 1 aromatic heterocycles. The Balaban J connectivity index is 1.57. The Morgan fingerprint density at radius 1 is 0.960 bits per heavy atom. The summed E-state index contributed by atoms with van der Waals surface area (Å²) in [4.78, 5) is 8.99. The fourth-order valence-corrected chi connectivity index (χ4v) is 4.81. The number of hydrogen-bond donors (Lipinski definition) is 0. The van der Waals surface area contributed by atoms with Crippen LogP contribution in [0.2, 0.25) is 0 Å². The molecule has 4 rings (SSSR count). The molecule has 0 unspecified atom stereocenters. The smallest absolute Gasteiger partial charge is 0.244 e. The van der Waals surface area contributed by atoms with Crippen molar-refractivity contribution >= 4 is 21.5 Å². The van der Waals surface area contributed by atoms with Crippen LogP contribution in [-0.2, 0) is 16.4 Å². The molecule has 6 nitrogen and oxygen atoms in total. The van der Waals surface area contributed by atoms with Gasteiger partial charge in [-0.25, -0.2) is 13.4 Å². The average Bonchev–Trinajstić information content (AvgIpc) is 3.06. The number of para-hydroxylation sites is 1. The van der Waals surface area contributed by atoms with E-state index in [1.54, 1.807) is 10.4 Å². The molecule has 3 heterocycles. The molecular formula is C18H22N4O2S. The molecule has 0 bridgehead atoms. The molecule has 25 heavy (non-hydrogen) atoms. The molecule has 1 fully saturated rings. The van der Waals surface area contributed by atoms with E-state index in [1.807, 2.05) is 25.2 Å². The Hall–Kier alpha value is -1.96. The summed E-state index contributed by atoms with van der Waals surface area (Å²) < 4.78 is 27.1. The van der Waals surface area contributed by atoms with Crippen molar-refractivity contribution in [3.63, 3.8) is 0 Å². The molecule has 2 aliphatic heterocycles. The molecular weight excluding hydrogens is 336 g/mol. The van der Waals surface area contributed by atoms with Crippen molar-refractivity contribution in [2.45, 2.75) is 11.3 Å². The molecule has 0 radical (unpaired) electrons. The Bertz CT molecular complexity index is 859. The number of nitrogens with zero attached hydrogens (tertiary/aromatic N) is 4. The van der Waals surface area contributed by atoms with E-state index in [-0.39, 0.29) is 4.90 Å². The van der Waals surface area contributed by atoms with Crippen LogP contribution in [0.25, 0.3) is 0 Å². The van der Waals surface area contributed by atoms with Gasteiger partial charge in [0.25, 0.3) is 0 Å². The Morgan fingerprint density at radius 3 is 2.44 bits per heavy atom. The lowest BCUT2D eigenvalue weighted by Crippen LogP contribution is -2.47. The first-order valence-corrected chi connectivity index (χ1v) is 10.00. The molecule has 0 amide bonds. The number of hydrogen-bond acceptors (Lipinski definition) is 5. The van der Waals surface area contributed by atoms with Crippen molar-refractivity contribution < 1.29 is 8.42 Å². The molecule has 2 aliphatic rings. The largest absolute Gasteiger partial charge is 0.326 e. The van der Waals surface area contributed by atoms with Gasteiger partial charge in [-0.3, -0.25) is 0 Å². The van der Waals surface area contributed by atoms with Gasteiger partial charge < -0.3 is 9.80 Å². The van der Waals surface area contributed by atoms with Gasteiger partial charge in [0.05, 0.1) is 0 Å². The highest BCUT2D eigenvalue weighted by atomic mass is 32.2. The lowest BCUT2D eigenvalue weighted by molar-refractivity contribution is 0.222. The van der Waals surface area contributed by atoms with Crippen molar-refractivity contribution in [1.82, 2.24) is 14.2 Å². The minimum Gasteiger partial charge on any atom is -0.326 e. The molecule has 0 atom stereocenters. The summed E-state index contributed by atoms with van der Waals surface area (Å²) >= 11 is 0. The van der Waals surface area contributed by atoms with Gasteiger partial charge in [-0.1, -0.05) is 18.2 Å². The third kappa shape index (κ3) is 3.03. The normalized spacial score (nSPS) is 19.2. The predicted octanol–water partition coefficient (Wildman–Crippen LogP) is 1.71. The van der Waals surface area contributed by atoms with E-state index in [0.29, 0.717) is 13.1 Å². The number of fused-ring (bicyclic) bond motifs is 1. The van der Waals surface area contributed by atoms with Crippen LogP contribution in [-0.4, -0.2) is 62.4 Å². The highest BCUT2D eigenvalue weighted by Gasteiger charge is 2.28. The van der Waals surface area contributed by atoms with Gasteiger partial charge in [-0.05, 0) is 37.2 Å². The van der Waals surface area contributed by atoms with Crippen molar-refractivity contribution in [1.29, 1.82) is 0 Å². The lowest BCUT2D eigenvalue weighted by Gasteiger charge is -2.31. The van der Waals surface area contributed by atoms with E-state index in [1.165, 1.54) is 11.8 Å². The van der Waals surface area contributed by atoms with Crippen LogP contribution in [0.15, 0.2) is 47.5 Å². The minimum atomic E-state index is -3.46. The first-order valence-electron chi connectivity index (χ1n) is 8.56. The van der Waals surface area contributed by atoms with Gasteiger partial charge >= 0.3 is 0 Å². The average molecular weight is 358 g/mol. The van der Waals surface area contributed by atoms with Crippen LogP contribution < -0.4 is 4.90 Å². The molecule has 0 aliphatic carbocycles. The van der Waals surface area contributed by atoms with Crippen molar-refractivity contribution in [2.24, 2.45) is 0 Å². The molecule has 132 valence electrons. The quantitative estimate of drug-likeness (QED) is 0.836. The predicted molar refractivity (Wildman–Crippen MR) is 97.6 cm³/mol. The summed E-state index contributed by atoms with van der Waals surface area (Å²) in [6.45, 7) is 3.45. The van der Waals surface area contributed by atoms with Crippen LogP contribution >= 0.6 is 0 Å². The number of pyridine rings is 1. The van der Waals surface area contributed by atoms with Gasteiger partial charge in [0.2, 0.25) is 10.0 Å². The fraction of sp³-hybridized carbons (Fsp3) is 0.389. The Morgan fingerprint density at radius 2 is 1.72 bits per heavy atom.